The number of imide groups is 1. The molecule has 0 radical (unpaired) electrons. The largest absolute Gasteiger partial charge is 0.335 e. The number of benzene rings is 2. The maximum Gasteiger partial charge on any atom is 0.321 e. The fourth-order valence-electron chi connectivity index (χ4n) is 3.76. The highest BCUT2D eigenvalue weighted by Crippen LogP contribution is 2.22. The summed E-state index contributed by atoms with van der Waals surface area (Å²) >= 11 is 7.51. The van der Waals surface area contributed by atoms with Crippen LogP contribution in [-0.4, -0.2) is 28.7 Å². The number of rotatable bonds is 6. The van der Waals surface area contributed by atoms with Gasteiger partial charge in [0.05, 0.1) is 5.75 Å². The number of aromatic amines is 1. The molecule has 1 heterocycles. The molecule has 0 bridgehead atoms. The lowest BCUT2D eigenvalue weighted by Crippen LogP contribution is -2.44. The molecule has 1 fully saturated rings. The Morgan fingerprint density at radius 3 is 2.67 bits per heavy atom. The van der Waals surface area contributed by atoms with E-state index in [0.717, 1.165) is 47.4 Å². The molecule has 3 aromatic rings. The molecule has 0 unspecified atom stereocenters. The molecule has 1 aliphatic carbocycles. The van der Waals surface area contributed by atoms with Gasteiger partial charge in [0.2, 0.25) is 5.91 Å². The molecule has 3 amide bonds. The first kappa shape index (κ1) is 20.8. The Kier molecular flexibility index (Phi) is 6.59. The van der Waals surface area contributed by atoms with Gasteiger partial charge in [0, 0.05) is 17.1 Å². The Hall–Kier alpha value is -2.51. The van der Waals surface area contributed by atoms with Crippen LogP contribution in [0.4, 0.5) is 4.79 Å². The number of H-pyrrole nitrogens is 1. The molecular formula is C22H24ClN4O2S+. The SMILES string of the molecule is O=C(CSc1[nH]c2cc(Cl)ccc2[n+]1Cc1ccccc1)NC(=O)NC1CCCC1. The summed E-state index contributed by atoms with van der Waals surface area (Å²) in [5, 5.41) is 6.79. The van der Waals surface area contributed by atoms with Crippen LogP contribution in [0.2, 0.25) is 5.02 Å². The van der Waals surface area contributed by atoms with Crippen LogP contribution in [0.1, 0.15) is 31.2 Å². The topological polar surface area (TPSA) is 77.9 Å². The zero-order valence-electron chi connectivity index (χ0n) is 16.5. The molecule has 6 nitrogen and oxygen atoms in total. The van der Waals surface area contributed by atoms with E-state index in [1.165, 1.54) is 11.8 Å². The van der Waals surface area contributed by atoms with E-state index < -0.39 is 6.03 Å². The maximum absolute atomic E-state index is 12.3. The van der Waals surface area contributed by atoms with E-state index in [1.807, 2.05) is 36.4 Å². The van der Waals surface area contributed by atoms with E-state index in [4.69, 9.17) is 11.6 Å². The van der Waals surface area contributed by atoms with Crippen molar-refractivity contribution in [3.05, 3.63) is 59.1 Å². The predicted octanol–water partition coefficient (Wildman–Crippen LogP) is 4.02. The van der Waals surface area contributed by atoms with Crippen LogP contribution in [0, 0.1) is 0 Å². The number of nitrogens with one attached hydrogen (secondary N) is 3. The van der Waals surface area contributed by atoms with Gasteiger partial charge in [-0.3, -0.25) is 10.1 Å². The van der Waals surface area contributed by atoms with Crippen molar-refractivity contribution >= 4 is 46.3 Å². The van der Waals surface area contributed by atoms with Crippen LogP contribution in [0.5, 0.6) is 0 Å². The third-order valence-corrected chi connectivity index (χ3v) is 6.44. The summed E-state index contributed by atoms with van der Waals surface area (Å²) in [4.78, 5) is 27.7. The van der Waals surface area contributed by atoms with E-state index in [9.17, 15) is 9.59 Å². The van der Waals surface area contributed by atoms with Crippen LogP contribution in [0.15, 0.2) is 53.7 Å². The normalized spacial score (nSPS) is 14.2. The molecule has 4 rings (SSSR count). The number of urea groups is 1. The van der Waals surface area contributed by atoms with Crippen LogP contribution < -0.4 is 15.2 Å². The lowest BCUT2D eigenvalue weighted by molar-refractivity contribution is -0.700. The molecule has 1 aromatic heterocycles. The number of carbonyl (C=O) groups excluding carboxylic acids is 2. The van der Waals surface area contributed by atoms with Crippen molar-refractivity contribution in [2.75, 3.05) is 5.75 Å². The van der Waals surface area contributed by atoms with Crippen molar-refractivity contribution in [1.82, 2.24) is 15.6 Å². The third kappa shape index (κ3) is 5.15. The third-order valence-electron chi connectivity index (χ3n) is 5.20. The number of hydrogen-bond acceptors (Lipinski definition) is 3. The number of thioether (sulfide) groups is 1. The molecule has 156 valence electrons. The average molecular weight is 444 g/mol. The number of carbonyl (C=O) groups is 2. The Morgan fingerprint density at radius 1 is 1.13 bits per heavy atom. The molecule has 0 aliphatic heterocycles. The second-order valence-corrected chi connectivity index (χ2v) is 8.86. The van der Waals surface area contributed by atoms with Crippen molar-refractivity contribution in [3.8, 4) is 0 Å². The molecular weight excluding hydrogens is 420 g/mol. The fourth-order valence-corrected chi connectivity index (χ4v) is 4.77. The summed E-state index contributed by atoms with van der Waals surface area (Å²) in [6, 6.07) is 15.6. The van der Waals surface area contributed by atoms with Crippen molar-refractivity contribution < 1.29 is 14.2 Å². The summed E-state index contributed by atoms with van der Waals surface area (Å²) in [5.74, 6) is -0.189. The number of hydrogen-bond donors (Lipinski definition) is 3. The highest BCUT2D eigenvalue weighted by atomic mass is 35.5. The zero-order valence-corrected chi connectivity index (χ0v) is 18.1. The smallest absolute Gasteiger partial charge is 0.321 e. The molecule has 30 heavy (non-hydrogen) atoms. The zero-order chi connectivity index (χ0) is 20.9. The number of amides is 3. The first-order chi connectivity index (χ1) is 14.6. The number of imidazole rings is 1. The highest BCUT2D eigenvalue weighted by Gasteiger charge is 2.22. The van der Waals surface area contributed by atoms with Gasteiger partial charge in [-0.1, -0.05) is 54.8 Å². The monoisotopic (exact) mass is 443 g/mol. The van der Waals surface area contributed by atoms with Gasteiger partial charge in [-0.05, 0) is 42.3 Å². The molecule has 0 saturated heterocycles. The Balaban J connectivity index is 1.45. The van der Waals surface area contributed by atoms with Crippen molar-refractivity contribution in [1.29, 1.82) is 0 Å². The average Bonchev–Trinajstić information content (AvgIpc) is 3.35. The Morgan fingerprint density at radius 2 is 1.90 bits per heavy atom. The van der Waals surface area contributed by atoms with Gasteiger partial charge in [-0.25, -0.2) is 14.3 Å². The van der Waals surface area contributed by atoms with Gasteiger partial charge < -0.3 is 5.32 Å². The molecule has 0 spiro atoms. The van der Waals surface area contributed by atoms with E-state index >= 15 is 0 Å². The first-order valence-electron chi connectivity index (χ1n) is 10.1. The second kappa shape index (κ2) is 9.53. The standard InChI is InChI=1S/C22H23ClN4O2S/c23-16-10-11-19-18(12-16)25-22(27(19)13-15-6-2-1-3-7-15)30-14-20(28)26-21(29)24-17-8-4-5-9-17/h1-3,6-7,10-12,17H,4-5,8-9,13-14H2,(H2,24,26,28,29)/p+1. The van der Waals surface area contributed by atoms with Crippen molar-refractivity contribution in [2.45, 2.75) is 43.4 Å². The van der Waals surface area contributed by atoms with Crippen LogP contribution in [-0.2, 0) is 11.3 Å². The number of aromatic nitrogens is 2. The quantitative estimate of drug-likeness (QED) is 0.397. The summed E-state index contributed by atoms with van der Waals surface area (Å²) in [6.45, 7) is 0.661. The number of fused-ring (bicyclic) bond motifs is 1. The summed E-state index contributed by atoms with van der Waals surface area (Å²) < 4.78 is 2.12. The second-order valence-electron chi connectivity index (χ2n) is 7.46. The minimum Gasteiger partial charge on any atom is -0.335 e. The first-order valence-corrected chi connectivity index (χ1v) is 11.4. The summed E-state index contributed by atoms with van der Waals surface area (Å²) in [5.41, 5.74) is 3.06. The minimum absolute atomic E-state index is 0.132. The van der Waals surface area contributed by atoms with Gasteiger partial charge >= 0.3 is 11.2 Å². The van der Waals surface area contributed by atoms with E-state index in [1.54, 1.807) is 0 Å². The highest BCUT2D eigenvalue weighted by molar-refractivity contribution is 7.99. The molecule has 1 saturated carbocycles. The maximum atomic E-state index is 12.3. The van der Waals surface area contributed by atoms with Crippen molar-refractivity contribution in [3.63, 3.8) is 0 Å². The van der Waals surface area contributed by atoms with E-state index in [0.29, 0.717) is 11.6 Å². The predicted molar refractivity (Wildman–Crippen MR) is 119 cm³/mol. The van der Waals surface area contributed by atoms with E-state index in [-0.39, 0.29) is 17.7 Å². The van der Waals surface area contributed by atoms with E-state index in [2.05, 4.69) is 32.3 Å². The number of nitrogens with zero attached hydrogens (tertiary/aromatic N) is 1. The van der Waals surface area contributed by atoms with Crippen LogP contribution in [0.3, 0.4) is 0 Å². The Bertz CT molecular complexity index is 1050. The van der Waals surface area contributed by atoms with Gasteiger partial charge in [0.15, 0.2) is 11.0 Å². The number of halogens is 1. The molecule has 2 aromatic carbocycles. The molecule has 3 N–H and O–H groups in total. The lowest BCUT2D eigenvalue weighted by atomic mass is 10.2. The Labute approximate surface area is 184 Å². The fraction of sp³-hybridized carbons (Fsp3) is 0.318. The molecule has 0 atom stereocenters. The summed E-state index contributed by atoms with van der Waals surface area (Å²) in [7, 11) is 0. The van der Waals surface area contributed by atoms with Crippen LogP contribution >= 0.6 is 23.4 Å². The summed E-state index contributed by atoms with van der Waals surface area (Å²) in [6.07, 6.45) is 4.21. The van der Waals surface area contributed by atoms with Gasteiger partial charge in [-0.2, -0.15) is 0 Å². The lowest BCUT2D eigenvalue weighted by Gasteiger charge is -2.11. The van der Waals surface area contributed by atoms with Gasteiger partial charge in [-0.15, -0.1) is 0 Å². The van der Waals surface area contributed by atoms with Gasteiger partial charge in [0.25, 0.3) is 0 Å². The minimum atomic E-state index is -0.409. The molecule has 1 aliphatic rings. The van der Waals surface area contributed by atoms with Crippen molar-refractivity contribution in [2.24, 2.45) is 0 Å². The van der Waals surface area contributed by atoms with Crippen LogP contribution in [0.25, 0.3) is 11.0 Å². The molecule has 8 heteroatoms. The van der Waals surface area contributed by atoms with Gasteiger partial charge in [0.1, 0.15) is 6.54 Å².